The second kappa shape index (κ2) is 6.83. The van der Waals surface area contributed by atoms with Gasteiger partial charge in [0.05, 0.1) is 0 Å². The van der Waals surface area contributed by atoms with Crippen LogP contribution in [0.4, 0.5) is 0 Å². The number of carbonyl (C=O) groups excluding carboxylic acids is 1. The van der Waals surface area contributed by atoms with Crippen molar-refractivity contribution in [2.45, 2.75) is 0 Å². The van der Waals surface area contributed by atoms with Crippen LogP contribution < -0.4 is 0 Å². The molecule has 0 atom stereocenters. The minimum Gasteiger partial charge on any atom is -0.285 e. The predicted octanol–water partition coefficient (Wildman–Crippen LogP) is 3.63. The van der Waals surface area contributed by atoms with E-state index in [0.29, 0.717) is 0 Å². The van der Waals surface area contributed by atoms with Crippen molar-refractivity contribution in [3.63, 3.8) is 0 Å². The van der Waals surface area contributed by atoms with Gasteiger partial charge in [0, 0.05) is 8.95 Å². The SMILES string of the molecule is Brc1ccc(Br)cc1.O=CCl. The van der Waals surface area contributed by atoms with E-state index in [1.807, 2.05) is 24.3 Å². The maximum absolute atomic E-state index is 8.57. The minimum atomic E-state index is 0.222. The Bertz CT molecular complexity index is 189. The lowest BCUT2D eigenvalue weighted by Gasteiger charge is -1.86. The summed E-state index contributed by atoms with van der Waals surface area (Å²) in [5, 5.41) is 0. The normalized spacial score (nSPS) is 7.91. The molecule has 0 amide bonds. The Labute approximate surface area is 87.0 Å². The predicted molar refractivity (Wildman–Crippen MR) is 54.4 cm³/mol. The summed E-state index contributed by atoms with van der Waals surface area (Å²) < 4.78 is 2.22. The summed E-state index contributed by atoms with van der Waals surface area (Å²) in [7, 11) is 0. The van der Waals surface area contributed by atoms with Crippen LogP contribution in [0.3, 0.4) is 0 Å². The second-order valence-electron chi connectivity index (χ2n) is 1.53. The molecule has 0 aliphatic rings. The number of rotatable bonds is 0. The topological polar surface area (TPSA) is 17.1 Å². The lowest BCUT2D eigenvalue weighted by Crippen LogP contribution is -1.61. The van der Waals surface area contributed by atoms with E-state index in [4.69, 9.17) is 4.79 Å². The van der Waals surface area contributed by atoms with Crippen molar-refractivity contribution in [1.82, 2.24) is 0 Å². The second-order valence-corrected chi connectivity index (χ2v) is 3.54. The number of benzene rings is 1. The third kappa shape index (κ3) is 6.53. The van der Waals surface area contributed by atoms with Crippen molar-refractivity contribution in [1.29, 1.82) is 0 Å². The van der Waals surface area contributed by atoms with Crippen LogP contribution in [0.25, 0.3) is 0 Å². The summed E-state index contributed by atoms with van der Waals surface area (Å²) in [5.74, 6) is 0.222. The first-order chi connectivity index (χ1) is 5.20. The van der Waals surface area contributed by atoms with E-state index in [1.54, 1.807) is 0 Å². The fraction of sp³-hybridized carbons (Fsp3) is 0. The van der Waals surface area contributed by atoms with Gasteiger partial charge in [-0.05, 0) is 35.9 Å². The van der Waals surface area contributed by atoms with Crippen molar-refractivity contribution in [3.8, 4) is 0 Å². The van der Waals surface area contributed by atoms with E-state index in [9.17, 15) is 0 Å². The van der Waals surface area contributed by atoms with Crippen LogP contribution in [0, 0.1) is 0 Å². The minimum absolute atomic E-state index is 0.222. The van der Waals surface area contributed by atoms with Crippen LogP contribution in [0.15, 0.2) is 33.2 Å². The van der Waals surface area contributed by atoms with Crippen LogP contribution in [0.2, 0.25) is 0 Å². The van der Waals surface area contributed by atoms with Crippen molar-refractivity contribution in [3.05, 3.63) is 33.2 Å². The monoisotopic (exact) mass is 298 g/mol. The van der Waals surface area contributed by atoms with Gasteiger partial charge in [-0.25, -0.2) is 0 Å². The third-order valence-corrected chi connectivity index (χ3v) is 1.86. The molecule has 11 heavy (non-hydrogen) atoms. The first-order valence-corrected chi connectivity index (χ1v) is 4.68. The average molecular weight is 300 g/mol. The Morgan fingerprint density at radius 3 is 1.45 bits per heavy atom. The lowest BCUT2D eigenvalue weighted by molar-refractivity contribution is 0.569. The zero-order valence-corrected chi connectivity index (χ0v) is 9.36. The fourth-order valence-corrected chi connectivity index (χ4v) is 0.958. The number of hydrogen-bond donors (Lipinski definition) is 0. The van der Waals surface area contributed by atoms with Crippen molar-refractivity contribution in [2.75, 3.05) is 0 Å². The molecule has 4 heteroatoms. The van der Waals surface area contributed by atoms with Gasteiger partial charge >= 0.3 is 0 Å². The van der Waals surface area contributed by atoms with E-state index in [0.717, 1.165) is 8.95 Å². The van der Waals surface area contributed by atoms with Gasteiger partial charge in [0.1, 0.15) is 0 Å². The first kappa shape index (κ1) is 11.1. The summed E-state index contributed by atoms with van der Waals surface area (Å²) >= 11 is 11.0. The smallest absolute Gasteiger partial charge is 0.208 e. The lowest BCUT2D eigenvalue weighted by atomic mass is 10.4. The van der Waals surface area contributed by atoms with Crippen LogP contribution in [-0.4, -0.2) is 5.75 Å². The quantitative estimate of drug-likeness (QED) is 0.528. The largest absolute Gasteiger partial charge is 0.285 e. The highest BCUT2D eigenvalue weighted by Gasteiger charge is 1.83. The molecule has 0 saturated carbocycles. The zero-order valence-electron chi connectivity index (χ0n) is 5.43. The molecule has 0 N–H and O–H groups in total. The van der Waals surface area contributed by atoms with E-state index in [2.05, 4.69) is 43.5 Å². The van der Waals surface area contributed by atoms with E-state index in [1.165, 1.54) is 0 Å². The molecule has 1 nitrogen and oxygen atoms in total. The molecule has 1 aromatic carbocycles. The maximum Gasteiger partial charge on any atom is 0.208 e. The molecule has 1 rings (SSSR count). The first-order valence-electron chi connectivity index (χ1n) is 2.65. The van der Waals surface area contributed by atoms with Crippen LogP contribution in [-0.2, 0) is 4.79 Å². The van der Waals surface area contributed by atoms with E-state index >= 15 is 0 Å². The van der Waals surface area contributed by atoms with Crippen molar-refractivity contribution >= 4 is 49.2 Å². The van der Waals surface area contributed by atoms with Crippen LogP contribution in [0.5, 0.6) is 0 Å². The Hall–Kier alpha value is 0.140. The van der Waals surface area contributed by atoms with Gasteiger partial charge in [0.15, 0.2) is 0 Å². The molecule has 0 spiro atoms. The summed E-state index contributed by atoms with van der Waals surface area (Å²) in [6.07, 6.45) is 0. The molecule has 0 unspecified atom stereocenters. The molecule has 0 aliphatic carbocycles. The third-order valence-electron chi connectivity index (χ3n) is 0.804. The van der Waals surface area contributed by atoms with Crippen LogP contribution >= 0.6 is 43.5 Å². The molecule has 0 radical (unpaired) electrons. The molecule has 0 saturated heterocycles. The number of hydrogen-bond acceptors (Lipinski definition) is 1. The molecule has 0 heterocycles. The fourth-order valence-electron chi connectivity index (χ4n) is 0.430. The molecular weight excluding hydrogens is 295 g/mol. The highest BCUT2D eigenvalue weighted by Crippen LogP contribution is 2.14. The van der Waals surface area contributed by atoms with Gasteiger partial charge in [0.25, 0.3) is 0 Å². The van der Waals surface area contributed by atoms with Gasteiger partial charge in [-0.2, -0.15) is 0 Å². The summed E-state index contributed by atoms with van der Waals surface area (Å²) in [6, 6.07) is 7.96. The number of halogens is 3. The Kier molecular flexibility index (Phi) is 6.91. The van der Waals surface area contributed by atoms with Crippen molar-refractivity contribution < 1.29 is 4.79 Å². The highest BCUT2D eigenvalue weighted by molar-refractivity contribution is 9.11. The molecule has 0 fully saturated rings. The van der Waals surface area contributed by atoms with E-state index < -0.39 is 0 Å². The molecule has 0 bridgehead atoms. The zero-order chi connectivity index (χ0) is 8.69. The maximum atomic E-state index is 8.57. The molecule has 60 valence electrons. The standard InChI is InChI=1S/C6H4Br2.CHClO/c7-5-1-2-6(8)4-3-5;2-1-3/h1-4H;1H. The van der Waals surface area contributed by atoms with Crippen molar-refractivity contribution in [2.24, 2.45) is 0 Å². The van der Waals surface area contributed by atoms with Gasteiger partial charge in [0.2, 0.25) is 5.75 Å². The van der Waals surface area contributed by atoms with Gasteiger partial charge in [-0.3, -0.25) is 4.79 Å². The Morgan fingerprint density at radius 1 is 1.09 bits per heavy atom. The Balaban J connectivity index is 0.000000292. The number of carbonyl (C=O) groups is 1. The highest BCUT2D eigenvalue weighted by atomic mass is 79.9. The van der Waals surface area contributed by atoms with Gasteiger partial charge in [-0.15, -0.1) is 0 Å². The summed E-state index contributed by atoms with van der Waals surface area (Å²) in [6.45, 7) is 0. The molecule has 1 aromatic rings. The Morgan fingerprint density at radius 2 is 1.27 bits per heavy atom. The van der Waals surface area contributed by atoms with Crippen LogP contribution in [0.1, 0.15) is 0 Å². The molecular formula is C7H5Br2ClO. The summed E-state index contributed by atoms with van der Waals surface area (Å²) in [5.41, 5.74) is 0. The van der Waals surface area contributed by atoms with Gasteiger partial charge in [-0.1, -0.05) is 31.9 Å². The molecule has 0 aliphatic heterocycles. The summed E-state index contributed by atoms with van der Waals surface area (Å²) in [4.78, 5) is 8.57. The molecule has 0 aromatic heterocycles. The van der Waals surface area contributed by atoms with Gasteiger partial charge < -0.3 is 0 Å². The van der Waals surface area contributed by atoms with E-state index in [-0.39, 0.29) is 5.75 Å². The average Bonchev–Trinajstić information content (AvgIpc) is 1.97.